The topological polar surface area (TPSA) is 118 Å². The zero-order valence-electron chi connectivity index (χ0n) is 19.2. The summed E-state index contributed by atoms with van der Waals surface area (Å²) in [6, 6.07) is 0. The summed E-state index contributed by atoms with van der Waals surface area (Å²) >= 11 is 0. The molecule has 6 rings (SSSR count). The second-order valence-corrected chi connectivity index (χ2v) is 10.9. The van der Waals surface area contributed by atoms with Gasteiger partial charge in [-0.25, -0.2) is 0 Å². The van der Waals surface area contributed by atoms with Gasteiger partial charge in [0.25, 0.3) is 0 Å². The summed E-state index contributed by atoms with van der Waals surface area (Å²) in [6.45, 7) is 4.87. The van der Waals surface area contributed by atoms with Crippen LogP contribution in [0.25, 0.3) is 0 Å². The predicted octanol–water partition coefficient (Wildman–Crippen LogP) is 1.47. The maximum Gasteiger partial charge on any atom is 0.317 e. The van der Waals surface area contributed by atoms with E-state index in [1.54, 1.807) is 13.0 Å². The monoisotopic (exact) mass is 460 g/mol. The number of fused-ring (bicyclic) bond motifs is 2. The van der Waals surface area contributed by atoms with Crippen LogP contribution >= 0.6 is 0 Å². The Morgan fingerprint density at radius 2 is 1.88 bits per heavy atom. The highest BCUT2D eigenvalue weighted by molar-refractivity contribution is 5.87. The number of ether oxygens (including phenoxy) is 5. The Morgan fingerprint density at radius 3 is 2.48 bits per heavy atom. The van der Waals surface area contributed by atoms with Crippen molar-refractivity contribution in [3.63, 3.8) is 0 Å². The van der Waals surface area contributed by atoms with Gasteiger partial charge >= 0.3 is 23.9 Å². The first-order valence-corrected chi connectivity index (χ1v) is 11.5. The van der Waals surface area contributed by atoms with E-state index in [1.165, 1.54) is 21.0 Å². The average molecular weight is 460 g/mol. The van der Waals surface area contributed by atoms with Crippen LogP contribution in [0.2, 0.25) is 0 Å². The molecular weight excluding hydrogens is 432 g/mol. The van der Waals surface area contributed by atoms with Gasteiger partial charge in [-0.3, -0.25) is 19.2 Å². The van der Waals surface area contributed by atoms with Gasteiger partial charge in [0.2, 0.25) is 0 Å². The molecule has 9 nitrogen and oxygen atoms in total. The molecule has 0 aromatic rings. The Morgan fingerprint density at radius 1 is 1.15 bits per heavy atom. The fourth-order valence-corrected chi connectivity index (χ4v) is 8.67. The summed E-state index contributed by atoms with van der Waals surface area (Å²) in [5.74, 6) is -3.24. The van der Waals surface area contributed by atoms with E-state index < -0.39 is 63.5 Å². The minimum absolute atomic E-state index is 0.174. The fraction of sp³-hybridized carbons (Fsp3) is 0.750. The number of epoxide rings is 1. The highest BCUT2D eigenvalue weighted by atomic mass is 16.6. The van der Waals surface area contributed by atoms with Gasteiger partial charge in [0.1, 0.15) is 28.3 Å². The van der Waals surface area contributed by atoms with Gasteiger partial charge in [0.05, 0.1) is 19.6 Å². The first kappa shape index (κ1) is 21.1. The molecule has 0 amide bonds. The Bertz CT molecular complexity index is 1030. The standard InChI is InChI=1S/C24H28O9/c1-12(25)31-15-6-8-24-14-5-7-22(32-13(2)26)9-21(14,10-23(22)11-30-23)16(18(27)29-4)17(24)20(15,3)19(28)33-24/h6,8,14-17H,5,7,9-11H2,1-4H3/t14-,15+,16-,17-,20+,21?,22+,23-,24-/m1/s1. The van der Waals surface area contributed by atoms with E-state index in [2.05, 4.69) is 0 Å². The van der Waals surface area contributed by atoms with Crippen molar-refractivity contribution in [2.45, 2.75) is 69.4 Å². The van der Waals surface area contributed by atoms with Gasteiger partial charge < -0.3 is 23.7 Å². The smallest absolute Gasteiger partial charge is 0.317 e. The van der Waals surface area contributed by atoms with Gasteiger partial charge in [-0.2, -0.15) is 0 Å². The van der Waals surface area contributed by atoms with Crippen LogP contribution in [0.5, 0.6) is 0 Å². The molecule has 6 aliphatic rings. The van der Waals surface area contributed by atoms with Crippen LogP contribution in [0.4, 0.5) is 0 Å². The summed E-state index contributed by atoms with van der Waals surface area (Å²) in [7, 11) is 1.34. The molecule has 0 aromatic carbocycles. The number of hydrogen-bond acceptors (Lipinski definition) is 9. The lowest BCUT2D eigenvalue weighted by atomic mass is 9.61. The van der Waals surface area contributed by atoms with Crippen molar-refractivity contribution < 1.29 is 42.9 Å². The lowest BCUT2D eigenvalue weighted by Gasteiger charge is -2.45. The zero-order chi connectivity index (χ0) is 23.6. The summed E-state index contributed by atoms with van der Waals surface area (Å²) in [6.07, 6.45) is 4.87. The molecular formula is C24H28O9. The van der Waals surface area contributed by atoms with Gasteiger partial charge in [0, 0.05) is 25.7 Å². The largest absolute Gasteiger partial charge is 0.469 e. The van der Waals surface area contributed by atoms with Crippen LogP contribution in [0.15, 0.2) is 12.2 Å². The van der Waals surface area contributed by atoms with Crippen LogP contribution in [0.3, 0.4) is 0 Å². The van der Waals surface area contributed by atoms with Crippen molar-refractivity contribution >= 4 is 23.9 Å². The van der Waals surface area contributed by atoms with Crippen LogP contribution in [0, 0.1) is 28.6 Å². The molecule has 9 heteroatoms. The molecule has 0 radical (unpaired) electrons. The Kier molecular flexibility index (Phi) is 3.83. The first-order chi connectivity index (χ1) is 15.5. The second kappa shape index (κ2) is 5.98. The van der Waals surface area contributed by atoms with E-state index in [0.29, 0.717) is 32.3 Å². The fourth-order valence-electron chi connectivity index (χ4n) is 8.67. The molecule has 5 fully saturated rings. The maximum atomic E-state index is 13.5. The summed E-state index contributed by atoms with van der Waals surface area (Å²) in [4.78, 5) is 50.8. The van der Waals surface area contributed by atoms with Crippen molar-refractivity contribution in [1.29, 1.82) is 0 Å². The Balaban J connectivity index is 1.54. The minimum Gasteiger partial charge on any atom is -0.469 e. The van der Waals surface area contributed by atoms with Crippen molar-refractivity contribution in [2.75, 3.05) is 13.7 Å². The van der Waals surface area contributed by atoms with E-state index in [1.807, 2.05) is 6.08 Å². The molecule has 0 N–H and O–H groups in total. The van der Waals surface area contributed by atoms with Gasteiger partial charge in [-0.05, 0) is 50.2 Å². The summed E-state index contributed by atoms with van der Waals surface area (Å²) in [5, 5.41) is 0. The maximum absolute atomic E-state index is 13.5. The third-order valence-electron chi connectivity index (χ3n) is 9.63. The third-order valence-corrected chi connectivity index (χ3v) is 9.63. The number of hydrogen-bond donors (Lipinski definition) is 0. The molecule has 1 unspecified atom stereocenters. The van der Waals surface area contributed by atoms with Crippen molar-refractivity contribution in [3.8, 4) is 0 Å². The normalized spacial score (nSPS) is 52.1. The lowest BCUT2D eigenvalue weighted by Crippen LogP contribution is -2.52. The molecule has 33 heavy (non-hydrogen) atoms. The summed E-state index contributed by atoms with van der Waals surface area (Å²) < 4.78 is 29.0. The minimum atomic E-state index is -1.24. The van der Waals surface area contributed by atoms with Crippen LogP contribution in [0.1, 0.15) is 46.5 Å². The lowest BCUT2D eigenvalue weighted by molar-refractivity contribution is -0.174. The number of esters is 4. The highest BCUT2D eigenvalue weighted by Crippen LogP contribution is 2.80. The molecule has 4 aliphatic carbocycles. The quantitative estimate of drug-likeness (QED) is 0.267. The predicted molar refractivity (Wildman–Crippen MR) is 108 cm³/mol. The van der Waals surface area contributed by atoms with E-state index in [0.717, 1.165) is 0 Å². The molecule has 178 valence electrons. The molecule has 4 bridgehead atoms. The molecule has 3 saturated carbocycles. The number of carbonyl (C=O) groups is 4. The van der Waals surface area contributed by atoms with E-state index in [9.17, 15) is 19.2 Å². The van der Waals surface area contributed by atoms with Gasteiger partial charge in [-0.15, -0.1) is 0 Å². The van der Waals surface area contributed by atoms with Crippen molar-refractivity contribution in [1.82, 2.24) is 0 Å². The third kappa shape index (κ3) is 2.18. The Labute approximate surface area is 191 Å². The Hall–Kier alpha value is -2.42. The van der Waals surface area contributed by atoms with Crippen LogP contribution < -0.4 is 0 Å². The number of methoxy groups -OCH3 is 1. The molecule has 2 aliphatic heterocycles. The van der Waals surface area contributed by atoms with Gasteiger partial charge in [-0.1, -0.05) is 0 Å². The molecule has 2 heterocycles. The van der Waals surface area contributed by atoms with Crippen molar-refractivity contribution in [3.05, 3.63) is 12.2 Å². The van der Waals surface area contributed by atoms with E-state index in [4.69, 9.17) is 23.7 Å². The molecule has 0 aromatic heterocycles. The summed E-state index contributed by atoms with van der Waals surface area (Å²) in [5.41, 5.74) is -4.33. The van der Waals surface area contributed by atoms with Crippen LogP contribution in [-0.4, -0.2) is 60.5 Å². The number of rotatable bonds is 3. The zero-order valence-corrected chi connectivity index (χ0v) is 19.2. The van der Waals surface area contributed by atoms with Crippen molar-refractivity contribution in [2.24, 2.45) is 28.6 Å². The highest BCUT2D eigenvalue weighted by Gasteiger charge is 2.88. The van der Waals surface area contributed by atoms with Crippen LogP contribution in [-0.2, 0) is 42.9 Å². The van der Waals surface area contributed by atoms with E-state index in [-0.39, 0.29) is 11.9 Å². The van der Waals surface area contributed by atoms with Gasteiger partial charge in [0.15, 0.2) is 0 Å². The molecule has 2 saturated heterocycles. The molecule has 9 atom stereocenters. The molecule has 2 spiro atoms. The van der Waals surface area contributed by atoms with E-state index >= 15 is 0 Å². The first-order valence-electron chi connectivity index (χ1n) is 11.5. The second-order valence-electron chi connectivity index (χ2n) is 10.9. The SMILES string of the molecule is COC(=O)[C@H]1[C@H]2[C@@]3(C=C[C@H](OC(C)=O)[C@]2(C)C(=O)O3)[C@@H]2CC[C@]3(OC(C)=O)CC21C[C@@]31CO1. The average Bonchev–Trinajstić information content (AvgIpc) is 3.39. The number of carbonyl (C=O) groups excluding carboxylic acids is 4.